The molecule has 0 spiro atoms. The summed E-state index contributed by atoms with van der Waals surface area (Å²) in [5, 5.41) is 0. The van der Waals surface area contributed by atoms with Gasteiger partial charge in [-0.15, -0.1) is 0 Å². The second kappa shape index (κ2) is 4.10. The average molecular weight is 222 g/mol. The summed E-state index contributed by atoms with van der Waals surface area (Å²) in [7, 11) is 0. The fraction of sp³-hybridized carbons (Fsp3) is 0.500. The third kappa shape index (κ3) is 2.23. The van der Waals surface area contributed by atoms with Crippen LogP contribution >= 0.6 is 12.2 Å². The summed E-state index contributed by atoms with van der Waals surface area (Å²) in [5.41, 5.74) is 6.18. The van der Waals surface area contributed by atoms with E-state index < -0.39 is 0 Å². The van der Waals surface area contributed by atoms with E-state index in [0.29, 0.717) is 16.6 Å². The fourth-order valence-corrected chi connectivity index (χ4v) is 1.87. The van der Waals surface area contributed by atoms with Gasteiger partial charge in [-0.25, -0.2) is 9.97 Å². The Balaban J connectivity index is 2.21. The van der Waals surface area contributed by atoms with Crippen molar-refractivity contribution in [1.82, 2.24) is 9.97 Å². The minimum atomic E-state index is 0.325. The molecule has 0 amide bonds. The highest BCUT2D eigenvalue weighted by Gasteiger charge is 2.20. The van der Waals surface area contributed by atoms with E-state index >= 15 is 0 Å². The minimum Gasteiger partial charge on any atom is -0.388 e. The van der Waals surface area contributed by atoms with Crippen LogP contribution in [0.25, 0.3) is 0 Å². The van der Waals surface area contributed by atoms with Crippen LogP contribution in [0.15, 0.2) is 12.3 Å². The van der Waals surface area contributed by atoms with Crippen LogP contribution in [-0.4, -0.2) is 28.0 Å². The SMILES string of the molecule is CC1CCN(c2nccc(C(N)=S)n2)C1. The molecule has 1 aliphatic heterocycles. The zero-order valence-corrected chi connectivity index (χ0v) is 9.50. The van der Waals surface area contributed by atoms with Crippen LogP contribution in [0.1, 0.15) is 19.0 Å². The monoisotopic (exact) mass is 222 g/mol. The Morgan fingerprint density at radius 3 is 3.07 bits per heavy atom. The van der Waals surface area contributed by atoms with Crippen LogP contribution in [0.5, 0.6) is 0 Å². The molecule has 15 heavy (non-hydrogen) atoms. The van der Waals surface area contributed by atoms with Gasteiger partial charge in [-0.3, -0.25) is 0 Å². The van der Waals surface area contributed by atoms with Crippen molar-refractivity contribution < 1.29 is 0 Å². The van der Waals surface area contributed by atoms with Gasteiger partial charge in [0.25, 0.3) is 0 Å². The van der Waals surface area contributed by atoms with E-state index in [9.17, 15) is 0 Å². The Bertz CT molecular complexity index is 379. The first kappa shape index (κ1) is 10.3. The predicted octanol–water partition coefficient (Wildman–Crippen LogP) is 0.957. The molecular weight excluding hydrogens is 208 g/mol. The number of nitrogens with zero attached hydrogens (tertiary/aromatic N) is 3. The van der Waals surface area contributed by atoms with Crippen LogP contribution in [0.4, 0.5) is 5.95 Å². The highest BCUT2D eigenvalue weighted by molar-refractivity contribution is 7.80. The lowest BCUT2D eigenvalue weighted by Gasteiger charge is -2.15. The Labute approximate surface area is 94.5 Å². The molecule has 1 unspecified atom stereocenters. The minimum absolute atomic E-state index is 0.325. The number of aromatic nitrogens is 2. The van der Waals surface area contributed by atoms with Gasteiger partial charge < -0.3 is 10.6 Å². The Kier molecular flexibility index (Phi) is 2.81. The molecule has 1 aliphatic rings. The first-order valence-electron chi connectivity index (χ1n) is 5.04. The summed E-state index contributed by atoms with van der Waals surface area (Å²) < 4.78 is 0. The number of anilines is 1. The van der Waals surface area contributed by atoms with E-state index in [2.05, 4.69) is 21.8 Å². The van der Waals surface area contributed by atoms with Crippen molar-refractivity contribution in [3.8, 4) is 0 Å². The van der Waals surface area contributed by atoms with Crippen molar-refractivity contribution >= 4 is 23.2 Å². The van der Waals surface area contributed by atoms with E-state index in [-0.39, 0.29) is 0 Å². The van der Waals surface area contributed by atoms with Gasteiger partial charge >= 0.3 is 0 Å². The molecule has 1 fully saturated rings. The molecule has 2 rings (SSSR count). The van der Waals surface area contributed by atoms with Crippen molar-refractivity contribution in [3.05, 3.63) is 18.0 Å². The van der Waals surface area contributed by atoms with Crippen molar-refractivity contribution in [2.75, 3.05) is 18.0 Å². The van der Waals surface area contributed by atoms with Crippen LogP contribution in [0.3, 0.4) is 0 Å². The molecule has 0 radical (unpaired) electrons. The third-order valence-electron chi connectivity index (χ3n) is 2.60. The zero-order valence-electron chi connectivity index (χ0n) is 8.68. The van der Waals surface area contributed by atoms with E-state index in [1.165, 1.54) is 6.42 Å². The summed E-state index contributed by atoms with van der Waals surface area (Å²) in [4.78, 5) is 11.1. The number of nitrogens with two attached hydrogens (primary N) is 1. The van der Waals surface area contributed by atoms with Crippen LogP contribution < -0.4 is 10.6 Å². The fourth-order valence-electron chi connectivity index (χ4n) is 1.75. The van der Waals surface area contributed by atoms with Crippen molar-refractivity contribution in [2.24, 2.45) is 11.7 Å². The lowest BCUT2D eigenvalue weighted by Crippen LogP contribution is -2.23. The highest BCUT2D eigenvalue weighted by Crippen LogP contribution is 2.19. The van der Waals surface area contributed by atoms with Gasteiger partial charge in [0, 0.05) is 19.3 Å². The van der Waals surface area contributed by atoms with Gasteiger partial charge in [0.15, 0.2) is 0 Å². The maximum absolute atomic E-state index is 5.53. The number of rotatable bonds is 2. The second-order valence-corrected chi connectivity index (χ2v) is 4.39. The van der Waals surface area contributed by atoms with Gasteiger partial charge in [-0.1, -0.05) is 19.1 Å². The van der Waals surface area contributed by atoms with Crippen molar-refractivity contribution in [2.45, 2.75) is 13.3 Å². The highest BCUT2D eigenvalue weighted by atomic mass is 32.1. The molecule has 1 atom stereocenters. The summed E-state index contributed by atoms with van der Waals surface area (Å²) in [6.45, 7) is 4.26. The molecule has 0 bridgehead atoms. The molecular formula is C10H14N4S. The normalized spacial score (nSPS) is 20.6. The Hall–Kier alpha value is -1.23. The largest absolute Gasteiger partial charge is 0.388 e. The Morgan fingerprint density at radius 1 is 1.67 bits per heavy atom. The third-order valence-corrected chi connectivity index (χ3v) is 2.81. The first-order chi connectivity index (χ1) is 7.16. The number of thiocarbonyl (C=S) groups is 1. The standard InChI is InChI=1S/C10H14N4S/c1-7-3-5-14(6-7)10-12-4-2-8(13-10)9(11)15/h2,4,7H,3,5-6H2,1H3,(H2,11,15). The molecule has 4 nitrogen and oxygen atoms in total. The van der Waals surface area contributed by atoms with E-state index in [4.69, 9.17) is 18.0 Å². The smallest absolute Gasteiger partial charge is 0.225 e. The predicted molar refractivity (Wildman–Crippen MR) is 63.9 cm³/mol. The molecule has 80 valence electrons. The summed E-state index contributed by atoms with van der Waals surface area (Å²) >= 11 is 4.89. The topological polar surface area (TPSA) is 55.0 Å². The second-order valence-electron chi connectivity index (χ2n) is 3.95. The molecule has 2 heterocycles. The van der Waals surface area contributed by atoms with E-state index in [1.54, 1.807) is 12.3 Å². The molecule has 5 heteroatoms. The maximum atomic E-state index is 5.53. The molecule has 2 N–H and O–H groups in total. The Morgan fingerprint density at radius 2 is 2.47 bits per heavy atom. The average Bonchev–Trinajstić information content (AvgIpc) is 2.65. The van der Waals surface area contributed by atoms with E-state index in [1.807, 2.05) is 0 Å². The molecule has 1 aromatic heterocycles. The molecule has 1 saturated heterocycles. The van der Waals surface area contributed by atoms with Crippen molar-refractivity contribution in [3.63, 3.8) is 0 Å². The van der Waals surface area contributed by atoms with Gasteiger partial charge in [-0.05, 0) is 18.4 Å². The summed E-state index contributed by atoms with van der Waals surface area (Å²) in [6, 6.07) is 1.74. The van der Waals surface area contributed by atoms with Gasteiger partial charge in [0.05, 0.1) is 0 Å². The lowest BCUT2D eigenvalue weighted by molar-refractivity contribution is 0.658. The summed E-state index contributed by atoms with van der Waals surface area (Å²) in [6.07, 6.45) is 2.90. The maximum Gasteiger partial charge on any atom is 0.225 e. The number of hydrogen-bond donors (Lipinski definition) is 1. The quantitative estimate of drug-likeness (QED) is 0.755. The molecule has 1 aromatic rings. The van der Waals surface area contributed by atoms with Crippen molar-refractivity contribution in [1.29, 1.82) is 0 Å². The van der Waals surface area contributed by atoms with Crippen LogP contribution in [-0.2, 0) is 0 Å². The van der Waals surface area contributed by atoms with Gasteiger partial charge in [-0.2, -0.15) is 0 Å². The zero-order chi connectivity index (χ0) is 10.8. The van der Waals surface area contributed by atoms with Gasteiger partial charge in [0.2, 0.25) is 5.95 Å². The molecule has 0 aliphatic carbocycles. The van der Waals surface area contributed by atoms with E-state index in [0.717, 1.165) is 19.0 Å². The number of hydrogen-bond acceptors (Lipinski definition) is 4. The first-order valence-corrected chi connectivity index (χ1v) is 5.45. The molecule has 0 saturated carbocycles. The van der Waals surface area contributed by atoms with Crippen LogP contribution in [0.2, 0.25) is 0 Å². The summed E-state index contributed by atoms with van der Waals surface area (Å²) in [5.74, 6) is 1.45. The lowest BCUT2D eigenvalue weighted by atomic mass is 10.2. The van der Waals surface area contributed by atoms with Crippen LogP contribution in [0, 0.1) is 5.92 Å². The molecule has 0 aromatic carbocycles. The van der Waals surface area contributed by atoms with Gasteiger partial charge in [0.1, 0.15) is 10.7 Å².